The molecule has 2 rings (SSSR count). The van der Waals surface area contributed by atoms with Crippen molar-refractivity contribution < 1.29 is 4.79 Å². The molecule has 1 amide bonds. The maximum absolute atomic E-state index is 11.9. The van der Waals surface area contributed by atoms with E-state index in [2.05, 4.69) is 39.7 Å². The van der Waals surface area contributed by atoms with E-state index in [0.717, 1.165) is 5.69 Å². The van der Waals surface area contributed by atoms with Crippen molar-refractivity contribution in [2.45, 2.75) is 26.3 Å². The fourth-order valence-electron chi connectivity index (χ4n) is 1.78. The molecule has 0 aliphatic heterocycles. The van der Waals surface area contributed by atoms with Crippen LogP contribution in [0.15, 0.2) is 12.4 Å². The first-order valence-electron chi connectivity index (χ1n) is 6.11. The molecular weight excluding hydrogens is 246 g/mol. The third kappa shape index (κ3) is 3.15. The second kappa shape index (κ2) is 5.59. The van der Waals surface area contributed by atoms with E-state index < -0.39 is 0 Å². The monoisotopic (exact) mass is 263 g/mol. The third-order valence-electron chi connectivity index (χ3n) is 2.73. The van der Waals surface area contributed by atoms with E-state index in [1.54, 1.807) is 4.68 Å². The molecule has 8 nitrogen and oxygen atoms in total. The van der Waals surface area contributed by atoms with Gasteiger partial charge in [0.25, 0.3) is 5.91 Å². The van der Waals surface area contributed by atoms with Crippen LogP contribution < -0.4 is 5.32 Å². The predicted molar refractivity (Wildman–Crippen MR) is 67.4 cm³/mol. The van der Waals surface area contributed by atoms with Crippen LogP contribution in [0.1, 0.15) is 35.9 Å². The van der Waals surface area contributed by atoms with E-state index in [-0.39, 0.29) is 5.91 Å². The quantitative estimate of drug-likeness (QED) is 0.817. The van der Waals surface area contributed by atoms with Gasteiger partial charge in [-0.15, -0.1) is 10.2 Å². The second-order valence-corrected chi connectivity index (χ2v) is 4.52. The SMILES string of the molecule is CC(C)c1cc(C(=O)NCCn2ncnn2)nn1C. The summed E-state index contributed by atoms with van der Waals surface area (Å²) in [6.07, 6.45) is 1.36. The number of aryl methyl sites for hydroxylation is 1. The zero-order chi connectivity index (χ0) is 13.8. The maximum Gasteiger partial charge on any atom is 0.271 e. The summed E-state index contributed by atoms with van der Waals surface area (Å²) in [7, 11) is 1.84. The lowest BCUT2D eigenvalue weighted by molar-refractivity contribution is 0.0945. The van der Waals surface area contributed by atoms with Crippen molar-refractivity contribution in [2.24, 2.45) is 7.05 Å². The maximum atomic E-state index is 11.9. The lowest BCUT2D eigenvalue weighted by Crippen LogP contribution is -2.28. The first kappa shape index (κ1) is 13.2. The highest BCUT2D eigenvalue weighted by Crippen LogP contribution is 2.14. The number of carbonyl (C=O) groups excluding carboxylic acids is 1. The lowest BCUT2D eigenvalue weighted by atomic mass is 10.1. The zero-order valence-corrected chi connectivity index (χ0v) is 11.2. The van der Waals surface area contributed by atoms with Crippen LogP contribution in [0.5, 0.6) is 0 Å². The number of hydrogen-bond acceptors (Lipinski definition) is 5. The summed E-state index contributed by atoms with van der Waals surface area (Å²) in [5.41, 5.74) is 1.46. The highest BCUT2D eigenvalue weighted by molar-refractivity contribution is 5.92. The molecule has 0 fully saturated rings. The zero-order valence-electron chi connectivity index (χ0n) is 11.2. The summed E-state index contributed by atoms with van der Waals surface area (Å²) in [5, 5.41) is 18.1. The molecule has 2 heterocycles. The first-order chi connectivity index (χ1) is 9.08. The van der Waals surface area contributed by atoms with Gasteiger partial charge in [0.05, 0.1) is 6.54 Å². The number of tetrazole rings is 1. The Hall–Kier alpha value is -2.25. The molecule has 0 spiro atoms. The van der Waals surface area contributed by atoms with Crippen LogP contribution in [-0.4, -0.2) is 42.4 Å². The number of hydrogen-bond donors (Lipinski definition) is 1. The molecule has 102 valence electrons. The summed E-state index contributed by atoms with van der Waals surface area (Å²) in [5.74, 6) is 0.140. The fourth-order valence-corrected chi connectivity index (χ4v) is 1.78. The van der Waals surface area contributed by atoms with Gasteiger partial charge in [-0.3, -0.25) is 9.48 Å². The Morgan fingerprint density at radius 1 is 1.47 bits per heavy atom. The Morgan fingerprint density at radius 3 is 2.84 bits per heavy atom. The van der Waals surface area contributed by atoms with Crippen molar-refractivity contribution in [3.05, 3.63) is 23.8 Å². The molecule has 19 heavy (non-hydrogen) atoms. The van der Waals surface area contributed by atoms with Crippen molar-refractivity contribution in [1.82, 2.24) is 35.3 Å². The van der Waals surface area contributed by atoms with Gasteiger partial charge in [-0.2, -0.15) is 9.90 Å². The van der Waals surface area contributed by atoms with Crippen LogP contribution in [0.4, 0.5) is 0 Å². The van der Waals surface area contributed by atoms with Crippen LogP contribution in [0.25, 0.3) is 0 Å². The molecule has 0 radical (unpaired) electrons. The number of carbonyl (C=O) groups is 1. The minimum Gasteiger partial charge on any atom is -0.349 e. The molecule has 0 saturated carbocycles. The van der Waals surface area contributed by atoms with E-state index in [9.17, 15) is 4.79 Å². The van der Waals surface area contributed by atoms with E-state index in [4.69, 9.17) is 0 Å². The number of nitrogens with one attached hydrogen (secondary N) is 1. The second-order valence-electron chi connectivity index (χ2n) is 4.52. The summed E-state index contributed by atoms with van der Waals surface area (Å²) in [6, 6.07) is 1.81. The standard InChI is InChI=1S/C11H17N7O/c1-8(2)10-6-9(15-17(10)3)11(19)12-4-5-18-14-7-13-16-18/h6-8H,4-5H2,1-3H3,(H,12,19). The minimum absolute atomic E-state index is 0.192. The van der Waals surface area contributed by atoms with Crippen molar-refractivity contribution in [3.63, 3.8) is 0 Å². The van der Waals surface area contributed by atoms with Gasteiger partial charge in [0.1, 0.15) is 5.69 Å². The lowest BCUT2D eigenvalue weighted by Gasteiger charge is -2.02. The minimum atomic E-state index is -0.192. The predicted octanol–water partition coefficient (Wildman–Crippen LogP) is -0.0400. The van der Waals surface area contributed by atoms with E-state index in [0.29, 0.717) is 24.7 Å². The van der Waals surface area contributed by atoms with Gasteiger partial charge in [0.2, 0.25) is 0 Å². The van der Waals surface area contributed by atoms with E-state index >= 15 is 0 Å². The van der Waals surface area contributed by atoms with E-state index in [1.165, 1.54) is 11.1 Å². The Bertz CT molecular complexity index is 543. The van der Waals surface area contributed by atoms with Gasteiger partial charge >= 0.3 is 0 Å². The van der Waals surface area contributed by atoms with Gasteiger partial charge < -0.3 is 5.32 Å². The third-order valence-corrected chi connectivity index (χ3v) is 2.73. The Balaban J connectivity index is 1.91. The van der Waals surface area contributed by atoms with Crippen molar-refractivity contribution >= 4 is 5.91 Å². The van der Waals surface area contributed by atoms with Crippen LogP contribution in [0.2, 0.25) is 0 Å². The molecule has 2 aromatic heterocycles. The molecule has 0 aliphatic carbocycles. The summed E-state index contributed by atoms with van der Waals surface area (Å²) in [6.45, 7) is 5.04. The normalized spacial score (nSPS) is 10.9. The Morgan fingerprint density at radius 2 is 2.26 bits per heavy atom. The molecular formula is C11H17N7O. The fraction of sp³-hybridized carbons (Fsp3) is 0.545. The van der Waals surface area contributed by atoms with Crippen molar-refractivity contribution in [3.8, 4) is 0 Å². The summed E-state index contributed by atoms with van der Waals surface area (Å²) < 4.78 is 1.73. The van der Waals surface area contributed by atoms with Gasteiger partial charge in [-0.05, 0) is 17.2 Å². The molecule has 0 saturated heterocycles. The Kier molecular flexibility index (Phi) is 3.88. The van der Waals surface area contributed by atoms with Crippen molar-refractivity contribution in [1.29, 1.82) is 0 Å². The first-order valence-corrected chi connectivity index (χ1v) is 6.11. The molecule has 0 atom stereocenters. The number of aromatic nitrogens is 6. The highest BCUT2D eigenvalue weighted by atomic mass is 16.1. The smallest absolute Gasteiger partial charge is 0.271 e. The number of rotatable bonds is 5. The molecule has 0 unspecified atom stereocenters. The molecule has 1 N–H and O–H groups in total. The van der Waals surface area contributed by atoms with Crippen LogP contribution in [0, 0.1) is 0 Å². The van der Waals surface area contributed by atoms with Crippen LogP contribution in [-0.2, 0) is 13.6 Å². The molecule has 0 aromatic carbocycles. The van der Waals surface area contributed by atoms with Crippen LogP contribution in [0.3, 0.4) is 0 Å². The highest BCUT2D eigenvalue weighted by Gasteiger charge is 2.14. The van der Waals surface area contributed by atoms with Gasteiger partial charge in [-0.25, -0.2) is 0 Å². The van der Waals surface area contributed by atoms with Crippen LogP contribution >= 0.6 is 0 Å². The van der Waals surface area contributed by atoms with E-state index in [1.807, 2.05) is 13.1 Å². The van der Waals surface area contributed by atoms with Gasteiger partial charge in [-0.1, -0.05) is 13.8 Å². The molecule has 0 aliphatic rings. The largest absolute Gasteiger partial charge is 0.349 e. The summed E-state index contributed by atoms with van der Waals surface area (Å²) in [4.78, 5) is 13.3. The Labute approximate surface area is 110 Å². The summed E-state index contributed by atoms with van der Waals surface area (Å²) >= 11 is 0. The topological polar surface area (TPSA) is 90.5 Å². The average Bonchev–Trinajstić information content (AvgIpc) is 2.98. The number of nitrogens with zero attached hydrogens (tertiary/aromatic N) is 6. The van der Waals surface area contributed by atoms with Crippen molar-refractivity contribution in [2.75, 3.05) is 6.54 Å². The molecule has 0 bridgehead atoms. The molecule has 2 aromatic rings. The average molecular weight is 263 g/mol. The van der Waals surface area contributed by atoms with Gasteiger partial charge in [0, 0.05) is 19.3 Å². The van der Waals surface area contributed by atoms with Gasteiger partial charge in [0.15, 0.2) is 6.33 Å². The molecule has 8 heteroatoms. The number of amides is 1.